The molecule has 2 N–H and O–H groups in total. The van der Waals surface area contributed by atoms with Gasteiger partial charge in [0.1, 0.15) is 11.9 Å². The van der Waals surface area contributed by atoms with Crippen LogP contribution < -0.4 is 10.6 Å². The van der Waals surface area contributed by atoms with Crippen LogP contribution in [0.5, 0.6) is 0 Å². The van der Waals surface area contributed by atoms with Crippen molar-refractivity contribution in [3.8, 4) is 6.07 Å². The Morgan fingerprint density at radius 1 is 1.07 bits per heavy atom. The van der Waals surface area contributed by atoms with E-state index in [-0.39, 0.29) is 5.54 Å². The summed E-state index contributed by atoms with van der Waals surface area (Å²) in [6.07, 6.45) is 6.46. The van der Waals surface area contributed by atoms with E-state index in [1.807, 2.05) is 6.07 Å². The quantitative estimate of drug-likeness (QED) is 0.731. The van der Waals surface area contributed by atoms with Gasteiger partial charge in [-0.05, 0) is 83.2 Å². The van der Waals surface area contributed by atoms with Crippen molar-refractivity contribution in [2.75, 3.05) is 23.7 Å². The third-order valence-electron chi connectivity index (χ3n) is 6.06. The fraction of sp³-hybridized carbons (Fsp3) is 0.500. The minimum Gasteiger partial charge on any atom is -0.367 e. The summed E-state index contributed by atoms with van der Waals surface area (Å²) in [6.45, 7) is 9.22. The highest BCUT2D eigenvalue weighted by molar-refractivity contribution is 5.69. The maximum atomic E-state index is 9.42. The lowest BCUT2D eigenvalue weighted by atomic mass is 9.87. The normalized spacial score (nSPS) is 18.3. The molecule has 0 atom stereocenters. The number of hydrogen-bond donors (Lipinski definition) is 2. The number of benzene rings is 1. The molecule has 0 unspecified atom stereocenters. The minimum absolute atomic E-state index is 0.259. The summed E-state index contributed by atoms with van der Waals surface area (Å²) in [5.41, 5.74) is 4.04. The summed E-state index contributed by atoms with van der Waals surface area (Å²) in [7, 11) is 0. The number of nitriles is 1. The lowest BCUT2D eigenvalue weighted by molar-refractivity contribution is 0.102. The molecule has 5 heteroatoms. The first-order chi connectivity index (χ1) is 13.9. The Bertz CT molecular complexity index is 879. The first-order valence-electron chi connectivity index (χ1n) is 10.7. The zero-order chi connectivity index (χ0) is 20.4. The molecule has 152 valence electrons. The lowest BCUT2D eigenvalue weighted by Gasteiger charge is -2.41. The van der Waals surface area contributed by atoms with E-state index in [9.17, 15) is 5.26 Å². The maximum absolute atomic E-state index is 9.42. The van der Waals surface area contributed by atoms with Crippen molar-refractivity contribution in [1.82, 2.24) is 9.88 Å². The van der Waals surface area contributed by atoms with Gasteiger partial charge >= 0.3 is 0 Å². The van der Waals surface area contributed by atoms with Crippen molar-refractivity contribution < 1.29 is 0 Å². The second-order valence-electron chi connectivity index (χ2n) is 9.32. The third kappa shape index (κ3) is 4.89. The molecule has 1 saturated heterocycles. The van der Waals surface area contributed by atoms with Gasteiger partial charge in [-0.25, -0.2) is 4.98 Å². The predicted molar refractivity (Wildman–Crippen MR) is 119 cm³/mol. The van der Waals surface area contributed by atoms with E-state index >= 15 is 0 Å². The number of piperidine rings is 1. The Morgan fingerprint density at radius 2 is 1.76 bits per heavy atom. The van der Waals surface area contributed by atoms with Gasteiger partial charge in [0.25, 0.3) is 0 Å². The lowest BCUT2D eigenvalue weighted by Crippen LogP contribution is -2.45. The summed E-state index contributed by atoms with van der Waals surface area (Å²) in [5, 5.41) is 16.2. The molecule has 1 aliphatic heterocycles. The summed E-state index contributed by atoms with van der Waals surface area (Å²) >= 11 is 0. The Labute approximate surface area is 174 Å². The van der Waals surface area contributed by atoms with E-state index in [1.54, 1.807) is 6.20 Å². The molecule has 4 rings (SSSR count). The molecule has 2 heterocycles. The number of aromatic nitrogens is 1. The topological polar surface area (TPSA) is 64.0 Å². The molecule has 1 aromatic carbocycles. The van der Waals surface area contributed by atoms with Crippen LogP contribution in [0.1, 0.15) is 63.5 Å². The molecular formula is C24H31N5. The summed E-state index contributed by atoms with van der Waals surface area (Å²) < 4.78 is 0. The van der Waals surface area contributed by atoms with Crippen LogP contribution in [0.3, 0.4) is 0 Å². The average Bonchev–Trinajstić information content (AvgIpc) is 3.52. The first kappa shape index (κ1) is 19.7. The molecule has 0 bridgehead atoms. The van der Waals surface area contributed by atoms with Crippen molar-refractivity contribution in [3.63, 3.8) is 0 Å². The van der Waals surface area contributed by atoms with E-state index in [4.69, 9.17) is 0 Å². The van der Waals surface area contributed by atoms with Crippen molar-refractivity contribution >= 4 is 17.2 Å². The zero-order valence-corrected chi connectivity index (χ0v) is 17.7. The van der Waals surface area contributed by atoms with Gasteiger partial charge in [0.05, 0.1) is 11.3 Å². The number of nitrogens with zero attached hydrogens (tertiary/aromatic N) is 3. The van der Waals surface area contributed by atoms with Crippen molar-refractivity contribution in [3.05, 3.63) is 47.7 Å². The zero-order valence-electron chi connectivity index (χ0n) is 17.7. The number of hydrogen-bond acceptors (Lipinski definition) is 5. The molecule has 1 saturated carbocycles. The van der Waals surface area contributed by atoms with Crippen LogP contribution in [0, 0.1) is 11.3 Å². The van der Waals surface area contributed by atoms with Gasteiger partial charge in [0, 0.05) is 29.5 Å². The number of pyridine rings is 1. The van der Waals surface area contributed by atoms with E-state index in [0.29, 0.717) is 17.5 Å². The second kappa shape index (κ2) is 8.04. The van der Waals surface area contributed by atoms with Crippen LogP contribution in [-0.4, -0.2) is 34.6 Å². The monoisotopic (exact) mass is 389 g/mol. The van der Waals surface area contributed by atoms with Crippen molar-refractivity contribution in [2.45, 2.75) is 64.0 Å². The second-order valence-corrected chi connectivity index (χ2v) is 9.32. The molecule has 2 aromatic rings. The highest BCUT2D eigenvalue weighted by Crippen LogP contribution is 2.32. The van der Waals surface area contributed by atoms with E-state index in [1.165, 1.54) is 31.2 Å². The molecular weight excluding hydrogens is 358 g/mol. The van der Waals surface area contributed by atoms with Crippen LogP contribution in [-0.2, 0) is 0 Å². The molecule has 29 heavy (non-hydrogen) atoms. The Balaban J connectivity index is 1.42. The molecule has 0 spiro atoms. The number of likely N-dealkylation sites (tertiary alicyclic amines) is 1. The molecule has 5 nitrogen and oxygen atoms in total. The Morgan fingerprint density at radius 3 is 2.34 bits per heavy atom. The van der Waals surface area contributed by atoms with Gasteiger partial charge in [-0.2, -0.15) is 5.26 Å². The van der Waals surface area contributed by atoms with Crippen LogP contribution in [0.2, 0.25) is 0 Å². The first-order valence-corrected chi connectivity index (χ1v) is 10.7. The van der Waals surface area contributed by atoms with Gasteiger partial charge in [-0.3, -0.25) is 4.90 Å². The summed E-state index contributed by atoms with van der Waals surface area (Å²) in [4.78, 5) is 6.94. The number of nitrogens with one attached hydrogen (secondary N) is 2. The Kier molecular flexibility index (Phi) is 5.47. The minimum atomic E-state index is 0.259. The molecule has 2 aliphatic rings. The van der Waals surface area contributed by atoms with Gasteiger partial charge in [-0.15, -0.1) is 0 Å². The van der Waals surface area contributed by atoms with Gasteiger partial charge in [0.2, 0.25) is 0 Å². The smallest absolute Gasteiger partial charge is 0.128 e. The summed E-state index contributed by atoms with van der Waals surface area (Å²) in [5.74, 6) is 1.46. The van der Waals surface area contributed by atoms with E-state index in [2.05, 4.69) is 71.6 Å². The molecule has 1 aliphatic carbocycles. The van der Waals surface area contributed by atoms with Crippen LogP contribution in [0.15, 0.2) is 36.5 Å². The van der Waals surface area contributed by atoms with E-state index in [0.717, 1.165) is 30.3 Å². The number of anilines is 3. The standard InChI is InChI=1S/C24H31N5/c1-24(2,3)29-12-10-18(11-13-29)17-4-6-20(7-5-17)27-22-14-23(28-21-8-9-21)26-16-19(22)15-25/h4-7,14,16,18,21H,8-13H2,1-3H3,(H2,26,27,28). The highest BCUT2D eigenvalue weighted by atomic mass is 15.2. The van der Waals surface area contributed by atoms with Gasteiger partial charge < -0.3 is 10.6 Å². The molecule has 1 aromatic heterocycles. The van der Waals surface area contributed by atoms with Crippen molar-refractivity contribution in [1.29, 1.82) is 5.26 Å². The third-order valence-corrected chi connectivity index (χ3v) is 6.06. The van der Waals surface area contributed by atoms with Crippen LogP contribution in [0.4, 0.5) is 17.2 Å². The largest absolute Gasteiger partial charge is 0.367 e. The molecule has 0 radical (unpaired) electrons. The van der Waals surface area contributed by atoms with Crippen LogP contribution in [0.25, 0.3) is 0 Å². The maximum Gasteiger partial charge on any atom is 0.128 e. The van der Waals surface area contributed by atoms with Gasteiger partial charge in [0.15, 0.2) is 0 Å². The van der Waals surface area contributed by atoms with Crippen molar-refractivity contribution in [2.24, 2.45) is 0 Å². The SMILES string of the molecule is CC(C)(C)N1CCC(c2ccc(Nc3cc(NC4CC4)ncc3C#N)cc2)CC1. The average molecular weight is 390 g/mol. The predicted octanol–water partition coefficient (Wildman–Crippen LogP) is 5.25. The number of rotatable bonds is 5. The summed E-state index contributed by atoms with van der Waals surface area (Å²) in [6, 6.07) is 13.4. The fourth-order valence-corrected chi connectivity index (χ4v) is 4.04. The highest BCUT2D eigenvalue weighted by Gasteiger charge is 2.27. The fourth-order valence-electron chi connectivity index (χ4n) is 4.04. The van der Waals surface area contributed by atoms with Crippen LogP contribution >= 0.6 is 0 Å². The van der Waals surface area contributed by atoms with Gasteiger partial charge in [-0.1, -0.05) is 12.1 Å². The van der Waals surface area contributed by atoms with E-state index < -0.39 is 0 Å². The molecule has 0 amide bonds. The molecule has 2 fully saturated rings. The Hall–Kier alpha value is -2.58.